The van der Waals surface area contributed by atoms with Crippen molar-refractivity contribution in [3.8, 4) is 22.8 Å². The maximum absolute atomic E-state index is 5.30. The van der Waals surface area contributed by atoms with E-state index in [-0.39, 0.29) is 5.25 Å². The van der Waals surface area contributed by atoms with Crippen molar-refractivity contribution in [2.24, 2.45) is 0 Å². The molecule has 0 aliphatic carbocycles. The second-order valence-electron chi connectivity index (χ2n) is 6.25. The average molecular weight is 388 g/mol. The summed E-state index contributed by atoms with van der Waals surface area (Å²) in [5.41, 5.74) is 3.21. The van der Waals surface area contributed by atoms with Crippen LogP contribution in [0.15, 0.2) is 84.3 Å². The van der Waals surface area contributed by atoms with E-state index in [1.165, 1.54) is 5.56 Å². The van der Waals surface area contributed by atoms with E-state index in [1.807, 2.05) is 42.5 Å². The highest BCUT2D eigenvalue weighted by Gasteiger charge is 2.19. The molecule has 4 aromatic rings. The van der Waals surface area contributed by atoms with Gasteiger partial charge in [-0.3, -0.25) is 9.55 Å². The Morgan fingerprint density at radius 2 is 1.61 bits per heavy atom. The molecule has 5 nitrogen and oxygen atoms in total. The summed E-state index contributed by atoms with van der Waals surface area (Å²) in [4.78, 5) is 4.11. The molecule has 1 unspecified atom stereocenters. The molecule has 1 atom stereocenters. The molecule has 2 aromatic heterocycles. The van der Waals surface area contributed by atoms with Gasteiger partial charge in [0.1, 0.15) is 5.75 Å². The molecule has 0 saturated carbocycles. The molecule has 6 heteroatoms. The number of thioether (sulfide) groups is 1. The lowest BCUT2D eigenvalue weighted by molar-refractivity contribution is 0.414. The number of ether oxygens (including phenoxy) is 1. The zero-order valence-electron chi connectivity index (χ0n) is 15.7. The Hall–Kier alpha value is -3.12. The lowest BCUT2D eigenvalue weighted by Gasteiger charge is -2.14. The van der Waals surface area contributed by atoms with Crippen molar-refractivity contribution >= 4 is 11.8 Å². The first-order valence-electron chi connectivity index (χ1n) is 8.98. The Bertz CT molecular complexity index is 1030. The standard InChI is InChI=1S/C22H20N4OS/c1-16(17-6-4-3-5-7-17)28-22-25-24-21(18-12-14-23-15-13-18)26(22)19-8-10-20(27-2)11-9-19/h3-16H,1-2H3. The van der Waals surface area contributed by atoms with Gasteiger partial charge in [-0.2, -0.15) is 0 Å². The summed E-state index contributed by atoms with van der Waals surface area (Å²) in [7, 11) is 1.67. The molecule has 0 radical (unpaired) electrons. The van der Waals surface area contributed by atoms with Crippen LogP contribution >= 0.6 is 11.8 Å². The summed E-state index contributed by atoms with van der Waals surface area (Å²) >= 11 is 1.69. The van der Waals surface area contributed by atoms with Crippen LogP contribution in [0.5, 0.6) is 5.75 Å². The number of pyridine rings is 1. The predicted molar refractivity (Wildman–Crippen MR) is 112 cm³/mol. The third-order valence-corrected chi connectivity index (χ3v) is 5.55. The largest absolute Gasteiger partial charge is 0.497 e. The van der Waals surface area contributed by atoms with Crippen molar-refractivity contribution in [3.63, 3.8) is 0 Å². The Labute approximate surface area is 168 Å². The van der Waals surface area contributed by atoms with Gasteiger partial charge >= 0.3 is 0 Å². The molecule has 0 aliphatic heterocycles. The number of hydrogen-bond donors (Lipinski definition) is 0. The molecule has 0 N–H and O–H groups in total. The molecule has 0 fully saturated rings. The highest BCUT2D eigenvalue weighted by atomic mass is 32.2. The topological polar surface area (TPSA) is 52.8 Å². The van der Waals surface area contributed by atoms with E-state index in [9.17, 15) is 0 Å². The van der Waals surface area contributed by atoms with Crippen molar-refractivity contribution in [3.05, 3.63) is 84.7 Å². The molecule has 2 heterocycles. The van der Waals surface area contributed by atoms with E-state index in [1.54, 1.807) is 31.3 Å². The monoisotopic (exact) mass is 388 g/mol. The molecule has 28 heavy (non-hydrogen) atoms. The summed E-state index contributed by atoms with van der Waals surface area (Å²) in [6.07, 6.45) is 3.53. The molecule has 0 aliphatic rings. The van der Waals surface area contributed by atoms with Gasteiger partial charge in [-0.1, -0.05) is 42.1 Å². The van der Waals surface area contributed by atoms with Crippen LogP contribution in [0.1, 0.15) is 17.7 Å². The van der Waals surface area contributed by atoms with E-state index >= 15 is 0 Å². The molecule has 0 spiro atoms. The minimum atomic E-state index is 0.243. The van der Waals surface area contributed by atoms with Crippen molar-refractivity contribution in [1.29, 1.82) is 0 Å². The summed E-state index contributed by atoms with van der Waals surface area (Å²) < 4.78 is 7.38. The number of rotatable bonds is 6. The fourth-order valence-corrected chi connectivity index (χ4v) is 3.94. The molecule has 0 amide bonds. The van der Waals surface area contributed by atoms with Crippen LogP contribution in [0.3, 0.4) is 0 Å². The first-order valence-corrected chi connectivity index (χ1v) is 9.86. The molecule has 0 bridgehead atoms. The number of nitrogens with zero attached hydrogens (tertiary/aromatic N) is 4. The van der Waals surface area contributed by atoms with E-state index < -0.39 is 0 Å². The summed E-state index contributed by atoms with van der Waals surface area (Å²) in [6.45, 7) is 2.18. The fourth-order valence-electron chi connectivity index (χ4n) is 2.95. The number of methoxy groups -OCH3 is 1. The zero-order valence-corrected chi connectivity index (χ0v) is 16.5. The maximum atomic E-state index is 5.30. The molecular weight excluding hydrogens is 368 g/mol. The fraction of sp³-hybridized carbons (Fsp3) is 0.136. The summed E-state index contributed by atoms with van der Waals surface area (Å²) in [5, 5.41) is 10.1. The molecule has 0 saturated heterocycles. The first-order chi connectivity index (χ1) is 13.8. The van der Waals surface area contributed by atoms with Gasteiger partial charge in [0, 0.05) is 28.9 Å². The van der Waals surface area contributed by atoms with Gasteiger partial charge in [0.25, 0.3) is 0 Å². The predicted octanol–water partition coefficient (Wildman–Crippen LogP) is 5.19. The van der Waals surface area contributed by atoms with Gasteiger partial charge in [0.15, 0.2) is 11.0 Å². The average Bonchev–Trinajstić information content (AvgIpc) is 3.18. The number of aromatic nitrogens is 4. The first kappa shape index (κ1) is 18.3. The molecular formula is C22H20N4OS. The van der Waals surface area contributed by atoms with E-state index in [4.69, 9.17) is 4.74 Å². The van der Waals surface area contributed by atoms with Crippen LogP contribution in [0.25, 0.3) is 17.1 Å². The van der Waals surface area contributed by atoms with Crippen LogP contribution in [0, 0.1) is 0 Å². The van der Waals surface area contributed by atoms with E-state index in [0.29, 0.717) is 0 Å². The summed E-state index contributed by atoms with van der Waals surface area (Å²) in [6, 6.07) is 22.2. The van der Waals surface area contributed by atoms with Gasteiger partial charge in [0.05, 0.1) is 7.11 Å². The number of hydrogen-bond acceptors (Lipinski definition) is 5. The van der Waals surface area contributed by atoms with Gasteiger partial charge in [-0.25, -0.2) is 0 Å². The Balaban J connectivity index is 1.76. The molecule has 2 aromatic carbocycles. The molecule has 140 valence electrons. The van der Waals surface area contributed by atoms with Crippen molar-refractivity contribution < 1.29 is 4.74 Å². The lowest BCUT2D eigenvalue weighted by Crippen LogP contribution is -2.01. The van der Waals surface area contributed by atoms with Gasteiger partial charge in [-0.05, 0) is 48.9 Å². The highest BCUT2D eigenvalue weighted by molar-refractivity contribution is 7.99. The third-order valence-electron chi connectivity index (χ3n) is 4.45. The van der Waals surface area contributed by atoms with Gasteiger partial charge in [0.2, 0.25) is 0 Å². The Morgan fingerprint density at radius 1 is 0.893 bits per heavy atom. The van der Waals surface area contributed by atoms with Crippen molar-refractivity contribution in [2.45, 2.75) is 17.3 Å². The number of benzene rings is 2. The quantitative estimate of drug-likeness (QED) is 0.425. The van der Waals surface area contributed by atoms with Gasteiger partial charge in [-0.15, -0.1) is 10.2 Å². The van der Waals surface area contributed by atoms with Crippen LogP contribution < -0.4 is 4.74 Å². The van der Waals surface area contributed by atoms with Crippen LogP contribution in [0.2, 0.25) is 0 Å². The second-order valence-corrected chi connectivity index (χ2v) is 7.55. The second kappa shape index (κ2) is 8.27. The zero-order chi connectivity index (χ0) is 19.3. The summed E-state index contributed by atoms with van der Waals surface area (Å²) in [5.74, 6) is 1.60. The SMILES string of the molecule is COc1ccc(-n2c(SC(C)c3ccccc3)nnc2-c2ccncc2)cc1. The van der Waals surface area contributed by atoms with Gasteiger partial charge < -0.3 is 4.74 Å². The van der Waals surface area contributed by atoms with Crippen LogP contribution in [0.4, 0.5) is 0 Å². The molecule has 4 rings (SSSR count). The Kier molecular flexibility index (Phi) is 5.39. The van der Waals surface area contributed by atoms with E-state index in [0.717, 1.165) is 28.0 Å². The van der Waals surface area contributed by atoms with Crippen molar-refractivity contribution in [1.82, 2.24) is 19.7 Å². The normalized spacial score (nSPS) is 11.9. The highest BCUT2D eigenvalue weighted by Crippen LogP contribution is 2.37. The van der Waals surface area contributed by atoms with Crippen LogP contribution in [-0.4, -0.2) is 26.9 Å². The van der Waals surface area contributed by atoms with E-state index in [2.05, 4.69) is 50.9 Å². The lowest BCUT2D eigenvalue weighted by atomic mass is 10.2. The maximum Gasteiger partial charge on any atom is 0.196 e. The van der Waals surface area contributed by atoms with Crippen LogP contribution in [-0.2, 0) is 0 Å². The Morgan fingerprint density at radius 3 is 2.29 bits per heavy atom. The van der Waals surface area contributed by atoms with Crippen molar-refractivity contribution in [2.75, 3.05) is 7.11 Å². The minimum Gasteiger partial charge on any atom is -0.497 e. The third kappa shape index (κ3) is 3.77. The smallest absolute Gasteiger partial charge is 0.196 e. The minimum absolute atomic E-state index is 0.243.